The lowest BCUT2D eigenvalue weighted by Crippen LogP contribution is -2.15. The molecule has 2 fully saturated rings. The molecule has 0 aliphatic carbocycles. The van der Waals surface area contributed by atoms with E-state index in [0.717, 1.165) is 5.25 Å². The van der Waals surface area contributed by atoms with Gasteiger partial charge in [-0.2, -0.15) is 12.6 Å². The van der Waals surface area contributed by atoms with Crippen LogP contribution in [0.3, 0.4) is 0 Å². The van der Waals surface area contributed by atoms with Crippen LogP contribution in [0, 0.1) is 0 Å². The van der Waals surface area contributed by atoms with Crippen LogP contribution < -0.4 is 0 Å². The summed E-state index contributed by atoms with van der Waals surface area (Å²) in [6.07, 6.45) is 2.59. The second-order valence-corrected chi connectivity index (χ2v) is 15.7. The Bertz CT molecular complexity index is 252. The molecule has 1 spiro atoms. The standard InChI is InChI=1S/C9H20S2/c1-5-11(4,6-8(11)2)7-9(11,3)10/h8,10H,5-7H2,1-4H3. The number of rotatable bonds is 1. The fourth-order valence-electron chi connectivity index (χ4n) is 3.32. The van der Waals surface area contributed by atoms with Gasteiger partial charge in [0.25, 0.3) is 0 Å². The van der Waals surface area contributed by atoms with Gasteiger partial charge in [0.15, 0.2) is 0 Å². The third-order valence-corrected chi connectivity index (χ3v) is 18.8. The first-order chi connectivity index (χ1) is 4.76. The first kappa shape index (κ1) is 8.31. The molecule has 2 aliphatic heterocycles. The maximum Gasteiger partial charge on any atom is 0.0363 e. The Labute approximate surface area is 74.8 Å². The second kappa shape index (κ2) is 1.31. The van der Waals surface area contributed by atoms with E-state index < -0.39 is 8.29 Å². The van der Waals surface area contributed by atoms with Crippen LogP contribution in [0.5, 0.6) is 0 Å². The van der Waals surface area contributed by atoms with Crippen molar-refractivity contribution in [3.63, 3.8) is 0 Å². The van der Waals surface area contributed by atoms with Crippen LogP contribution in [0.1, 0.15) is 20.8 Å². The summed E-state index contributed by atoms with van der Waals surface area (Å²) in [5.74, 6) is 4.37. The zero-order valence-corrected chi connectivity index (χ0v) is 9.77. The lowest BCUT2D eigenvalue weighted by Gasteiger charge is -2.47. The van der Waals surface area contributed by atoms with Crippen molar-refractivity contribution >= 4 is 20.9 Å². The number of hydrogen-bond acceptors (Lipinski definition) is 1. The van der Waals surface area contributed by atoms with Gasteiger partial charge in [-0.1, -0.05) is 13.8 Å². The van der Waals surface area contributed by atoms with E-state index in [4.69, 9.17) is 12.6 Å². The first-order valence-corrected chi connectivity index (χ1v) is 8.36. The Hall–Kier alpha value is 0.700. The van der Waals surface area contributed by atoms with Gasteiger partial charge in [-0.25, -0.2) is 0 Å². The zero-order chi connectivity index (χ0) is 8.61. The van der Waals surface area contributed by atoms with Crippen molar-refractivity contribution < 1.29 is 0 Å². The van der Waals surface area contributed by atoms with Crippen LogP contribution in [0.4, 0.5) is 0 Å². The third kappa shape index (κ3) is 0.466. The molecule has 11 heavy (non-hydrogen) atoms. The summed E-state index contributed by atoms with van der Waals surface area (Å²) in [7, 11) is -1.50. The van der Waals surface area contributed by atoms with Crippen molar-refractivity contribution in [2.45, 2.75) is 30.1 Å². The molecule has 0 nitrogen and oxygen atoms in total. The van der Waals surface area contributed by atoms with E-state index in [9.17, 15) is 0 Å². The molecule has 0 N–H and O–H groups in total. The maximum absolute atomic E-state index is 4.84. The third-order valence-electron chi connectivity index (χ3n) is 5.48. The van der Waals surface area contributed by atoms with Gasteiger partial charge in [-0.15, -0.1) is 0 Å². The highest BCUT2D eigenvalue weighted by atomic mass is 32.4. The van der Waals surface area contributed by atoms with Crippen molar-refractivity contribution in [2.24, 2.45) is 0 Å². The molecule has 2 heteroatoms. The van der Waals surface area contributed by atoms with Crippen LogP contribution in [-0.4, -0.2) is 32.8 Å². The molecule has 2 rings (SSSR count). The van der Waals surface area contributed by atoms with E-state index in [-0.39, 0.29) is 0 Å². The Kier molecular flexibility index (Phi) is 0.991. The van der Waals surface area contributed by atoms with Crippen molar-refractivity contribution in [3.05, 3.63) is 0 Å². The fourth-order valence-corrected chi connectivity index (χ4v) is 14.7. The van der Waals surface area contributed by atoms with E-state index in [1.54, 1.807) is 0 Å². The van der Waals surface area contributed by atoms with Crippen LogP contribution in [0.25, 0.3) is 0 Å². The molecule has 0 aromatic heterocycles. The lowest BCUT2D eigenvalue weighted by molar-refractivity contribution is 1.16. The average Bonchev–Trinajstić information content (AvgIpc) is 2.49. The summed E-state index contributed by atoms with van der Waals surface area (Å²) in [6, 6.07) is 0. The van der Waals surface area contributed by atoms with E-state index >= 15 is 0 Å². The van der Waals surface area contributed by atoms with Crippen molar-refractivity contribution in [1.29, 1.82) is 0 Å². The highest BCUT2D eigenvalue weighted by Crippen LogP contribution is 3.18. The molecule has 2 unspecified atom stereocenters. The summed E-state index contributed by atoms with van der Waals surface area (Å²) in [5, 5.41) is 1.00. The fraction of sp³-hybridized carbons (Fsp3) is 1.00. The van der Waals surface area contributed by atoms with Crippen molar-refractivity contribution in [1.82, 2.24) is 0 Å². The molecule has 0 saturated carbocycles. The second-order valence-electron chi connectivity index (χ2n) is 5.55. The molecule has 2 heterocycles. The number of thiol groups is 1. The van der Waals surface area contributed by atoms with Gasteiger partial charge in [0.1, 0.15) is 0 Å². The Balaban J connectivity index is 2.51. The average molecular weight is 192 g/mol. The van der Waals surface area contributed by atoms with Crippen LogP contribution in [-0.2, 0) is 0 Å². The van der Waals surface area contributed by atoms with Crippen LogP contribution in [0.2, 0.25) is 0 Å². The molecule has 0 amide bonds. The quantitative estimate of drug-likeness (QED) is 0.479. The predicted molar refractivity (Wildman–Crippen MR) is 60.6 cm³/mol. The van der Waals surface area contributed by atoms with E-state index in [2.05, 4.69) is 27.0 Å². The molecule has 0 aromatic rings. The molecule has 2 aliphatic rings. The molecule has 2 atom stereocenters. The van der Waals surface area contributed by atoms with E-state index in [0.29, 0.717) is 4.08 Å². The molecule has 0 aromatic carbocycles. The van der Waals surface area contributed by atoms with Gasteiger partial charge < -0.3 is 0 Å². The van der Waals surface area contributed by atoms with Crippen molar-refractivity contribution in [3.8, 4) is 0 Å². The minimum atomic E-state index is -1.50. The lowest BCUT2D eigenvalue weighted by atomic mass is 10.6. The normalized spacial score (nSPS) is 60.3. The molecule has 68 valence electrons. The minimum absolute atomic E-state index is 0.425. The largest absolute Gasteiger partial charge is 0.259 e. The maximum atomic E-state index is 4.84. The van der Waals surface area contributed by atoms with E-state index in [1.807, 2.05) is 0 Å². The van der Waals surface area contributed by atoms with Crippen LogP contribution in [0.15, 0.2) is 0 Å². The van der Waals surface area contributed by atoms with Gasteiger partial charge in [-0.3, -0.25) is 8.29 Å². The Morgan fingerprint density at radius 1 is 1.64 bits per heavy atom. The van der Waals surface area contributed by atoms with Gasteiger partial charge in [0.2, 0.25) is 0 Å². The summed E-state index contributed by atoms with van der Waals surface area (Å²) >= 11 is 4.84. The summed E-state index contributed by atoms with van der Waals surface area (Å²) < 4.78 is 0.425. The smallest absolute Gasteiger partial charge is 0.0363 e. The van der Waals surface area contributed by atoms with Gasteiger partial charge >= 0.3 is 0 Å². The topological polar surface area (TPSA) is 0 Å². The Morgan fingerprint density at radius 2 is 2.00 bits per heavy atom. The molecular weight excluding hydrogens is 172 g/mol. The summed E-state index contributed by atoms with van der Waals surface area (Å²) in [5.41, 5.74) is 0. The summed E-state index contributed by atoms with van der Waals surface area (Å²) in [6.45, 7) is 7.18. The first-order valence-electron chi connectivity index (χ1n) is 4.48. The molecule has 2 saturated heterocycles. The highest BCUT2D eigenvalue weighted by Gasteiger charge is 2.91. The predicted octanol–water partition coefficient (Wildman–Crippen LogP) is 2.57. The zero-order valence-electron chi connectivity index (χ0n) is 8.05. The van der Waals surface area contributed by atoms with E-state index in [1.165, 1.54) is 17.3 Å². The molecule has 0 radical (unpaired) electrons. The molecular formula is C9H20S2. The van der Waals surface area contributed by atoms with Gasteiger partial charge in [-0.05, 0) is 35.7 Å². The minimum Gasteiger partial charge on any atom is -0.259 e. The SMILES string of the molecule is CCS12(C)(CC1C)CC2(C)S. The van der Waals surface area contributed by atoms with Crippen molar-refractivity contribution in [2.75, 3.05) is 23.5 Å². The highest BCUT2D eigenvalue weighted by molar-refractivity contribution is 8.78. The van der Waals surface area contributed by atoms with Crippen LogP contribution >= 0.6 is 20.9 Å². The number of hydrogen-bond donors (Lipinski definition) is 1. The Morgan fingerprint density at radius 3 is 2.00 bits per heavy atom. The van der Waals surface area contributed by atoms with Gasteiger partial charge in [0, 0.05) is 4.08 Å². The monoisotopic (exact) mass is 192 g/mol. The summed E-state index contributed by atoms with van der Waals surface area (Å²) in [4.78, 5) is 0. The van der Waals surface area contributed by atoms with Gasteiger partial charge in [0.05, 0.1) is 0 Å². The molecule has 0 bridgehead atoms.